The van der Waals surface area contributed by atoms with E-state index in [0.29, 0.717) is 6.04 Å². The van der Waals surface area contributed by atoms with Gasteiger partial charge in [0.1, 0.15) is 0 Å². The van der Waals surface area contributed by atoms with Crippen LogP contribution >= 0.6 is 15.9 Å². The Morgan fingerprint density at radius 1 is 1.22 bits per heavy atom. The van der Waals surface area contributed by atoms with E-state index < -0.39 is 0 Å². The number of fused-ring (bicyclic) bond motifs is 1. The summed E-state index contributed by atoms with van der Waals surface area (Å²) in [4.78, 5) is 14.2. The first-order chi connectivity index (χ1) is 8.74. The zero-order chi connectivity index (χ0) is 12.5. The van der Waals surface area contributed by atoms with Crippen LogP contribution in [-0.4, -0.2) is 17.0 Å². The van der Waals surface area contributed by atoms with Gasteiger partial charge in [0.15, 0.2) is 0 Å². The second-order valence-corrected chi connectivity index (χ2v) is 6.07. The van der Waals surface area contributed by atoms with Gasteiger partial charge in [-0.1, -0.05) is 41.3 Å². The molecule has 3 rings (SSSR count). The molecule has 0 unspecified atom stereocenters. The van der Waals surface area contributed by atoms with E-state index in [9.17, 15) is 4.79 Å². The smallest absolute Gasteiger partial charge is 0.317 e. The van der Waals surface area contributed by atoms with Crippen LogP contribution in [0.5, 0.6) is 0 Å². The van der Waals surface area contributed by atoms with Crippen LogP contribution in [0.4, 0.5) is 10.5 Å². The van der Waals surface area contributed by atoms with Crippen molar-refractivity contribution in [2.75, 3.05) is 5.32 Å². The van der Waals surface area contributed by atoms with E-state index in [0.717, 1.165) is 29.5 Å². The molecular formula is C14H17BrN2O. The Morgan fingerprint density at radius 3 is 2.78 bits per heavy atom. The summed E-state index contributed by atoms with van der Waals surface area (Å²) in [6, 6.07) is 6.60. The zero-order valence-corrected chi connectivity index (χ0v) is 11.9. The lowest BCUT2D eigenvalue weighted by Gasteiger charge is -2.37. The largest absolute Gasteiger partial charge is 0.322 e. The number of carbonyl (C=O) groups excluding carboxylic acids is 1. The monoisotopic (exact) mass is 308 g/mol. The fourth-order valence-corrected chi connectivity index (χ4v) is 3.29. The molecule has 0 bridgehead atoms. The van der Waals surface area contributed by atoms with Crippen molar-refractivity contribution in [3.8, 4) is 0 Å². The molecule has 1 aliphatic carbocycles. The second kappa shape index (κ2) is 4.92. The zero-order valence-electron chi connectivity index (χ0n) is 10.3. The number of nitrogens with zero attached hydrogens (tertiary/aromatic N) is 1. The van der Waals surface area contributed by atoms with Gasteiger partial charge in [0, 0.05) is 22.7 Å². The molecule has 0 aromatic heterocycles. The van der Waals surface area contributed by atoms with Crippen molar-refractivity contribution in [3.63, 3.8) is 0 Å². The molecule has 96 valence electrons. The fraction of sp³-hybridized carbons (Fsp3) is 0.500. The molecule has 1 aromatic carbocycles. The van der Waals surface area contributed by atoms with Gasteiger partial charge in [-0.2, -0.15) is 0 Å². The predicted molar refractivity (Wildman–Crippen MR) is 75.6 cm³/mol. The topological polar surface area (TPSA) is 32.3 Å². The van der Waals surface area contributed by atoms with E-state index in [-0.39, 0.29) is 6.03 Å². The third kappa shape index (κ3) is 2.26. The molecule has 0 spiro atoms. The van der Waals surface area contributed by atoms with Crippen molar-refractivity contribution < 1.29 is 4.79 Å². The van der Waals surface area contributed by atoms with E-state index in [1.165, 1.54) is 24.8 Å². The number of halogens is 1. The van der Waals surface area contributed by atoms with Crippen LogP contribution in [0.25, 0.3) is 0 Å². The minimum atomic E-state index is 0.0625. The summed E-state index contributed by atoms with van der Waals surface area (Å²) in [5, 5.41) is 3.01. The number of urea groups is 1. The maximum absolute atomic E-state index is 12.2. The molecule has 2 aliphatic rings. The molecule has 1 N–H and O–H groups in total. The Morgan fingerprint density at radius 2 is 2.00 bits per heavy atom. The number of nitrogens with one attached hydrogen (secondary N) is 1. The molecule has 2 amide bonds. The van der Waals surface area contributed by atoms with Crippen molar-refractivity contribution in [3.05, 3.63) is 28.2 Å². The van der Waals surface area contributed by atoms with E-state index in [1.807, 2.05) is 17.0 Å². The third-order valence-corrected chi connectivity index (χ3v) is 4.42. The number of anilines is 1. The average Bonchev–Trinajstić information content (AvgIpc) is 2.39. The van der Waals surface area contributed by atoms with Gasteiger partial charge in [0.05, 0.1) is 0 Å². The fourth-order valence-electron chi connectivity index (χ4n) is 2.93. The summed E-state index contributed by atoms with van der Waals surface area (Å²) in [6.07, 6.45) is 6.12. The summed E-state index contributed by atoms with van der Waals surface area (Å²) in [5.41, 5.74) is 2.16. The molecule has 1 fully saturated rings. The van der Waals surface area contributed by atoms with Gasteiger partial charge in [-0.25, -0.2) is 4.79 Å². The third-order valence-electron chi connectivity index (χ3n) is 3.93. The van der Waals surface area contributed by atoms with Crippen LogP contribution in [-0.2, 0) is 6.54 Å². The van der Waals surface area contributed by atoms with Crippen LogP contribution in [0.15, 0.2) is 22.7 Å². The summed E-state index contributed by atoms with van der Waals surface area (Å²) in [6.45, 7) is 0.749. The van der Waals surface area contributed by atoms with Gasteiger partial charge in [-0.05, 0) is 30.5 Å². The highest BCUT2D eigenvalue weighted by molar-refractivity contribution is 9.10. The maximum atomic E-state index is 12.2. The quantitative estimate of drug-likeness (QED) is 0.831. The molecule has 1 aromatic rings. The van der Waals surface area contributed by atoms with Gasteiger partial charge < -0.3 is 10.2 Å². The molecule has 0 atom stereocenters. The van der Waals surface area contributed by atoms with Crippen LogP contribution in [0.3, 0.4) is 0 Å². The first-order valence-corrected chi connectivity index (χ1v) is 7.39. The van der Waals surface area contributed by atoms with Crippen molar-refractivity contribution in [2.24, 2.45) is 0 Å². The molecule has 3 nitrogen and oxygen atoms in total. The summed E-state index contributed by atoms with van der Waals surface area (Å²) >= 11 is 3.44. The van der Waals surface area contributed by atoms with E-state index in [1.54, 1.807) is 0 Å². The standard InChI is InChI=1S/C14H17BrN2O/c15-11-7-6-10-9-17(12-4-2-1-3-5-12)14(18)16-13(10)8-11/h6-8,12H,1-5,9H2,(H,16,18). The molecule has 18 heavy (non-hydrogen) atoms. The van der Waals surface area contributed by atoms with Crippen LogP contribution < -0.4 is 5.32 Å². The lowest BCUT2D eigenvalue weighted by Crippen LogP contribution is -2.46. The lowest BCUT2D eigenvalue weighted by atomic mass is 9.93. The van der Waals surface area contributed by atoms with Gasteiger partial charge in [-0.3, -0.25) is 0 Å². The van der Waals surface area contributed by atoms with Crippen LogP contribution in [0.1, 0.15) is 37.7 Å². The first kappa shape index (κ1) is 12.0. The van der Waals surface area contributed by atoms with Crippen molar-refractivity contribution in [1.82, 2.24) is 4.90 Å². The molecular weight excluding hydrogens is 292 g/mol. The summed E-state index contributed by atoms with van der Waals surface area (Å²) < 4.78 is 1.01. The van der Waals surface area contributed by atoms with Crippen LogP contribution in [0, 0.1) is 0 Å². The lowest BCUT2D eigenvalue weighted by molar-refractivity contribution is 0.160. The Bertz CT molecular complexity index is 469. The molecule has 1 aliphatic heterocycles. The predicted octanol–water partition coefficient (Wildman–Crippen LogP) is 4.13. The van der Waals surface area contributed by atoms with Crippen molar-refractivity contribution >= 4 is 27.6 Å². The molecule has 1 saturated carbocycles. The number of carbonyl (C=O) groups is 1. The highest BCUT2D eigenvalue weighted by atomic mass is 79.9. The Balaban J connectivity index is 1.82. The first-order valence-electron chi connectivity index (χ1n) is 6.60. The number of rotatable bonds is 1. The average molecular weight is 309 g/mol. The number of amides is 2. The Labute approximate surface area is 116 Å². The number of benzene rings is 1. The Kier molecular flexibility index (Phi) is 3.29. The maximum Gasteiger partial charge on any atom is 0.322 e. The minimum absolute atomic E-state index is 0.0625. The minimum Gasteiger partial charge on any atom is -0.317 e. The van der Waals surface area contributed by atoms with Gasteiger partial charge in [0.25, 0.3) is 0 Å². The molecule has 0 radical (unpaired) electrons. The van der Waals surface area contributed by atoms with Gasteiger partial charge >= 0.3 is 6.03 Å². The van der Waals surface area contributed by atoms with Crippen molar-refractivity contribution in [2.45, 2.75) is 44.7 Å². The van der Waals surface area contributed by atoms with E-state index >= 15 is 0 Å². The highest BCUT2D eigenvalue weighted by Gasteiger charge is 2.29. The SMILES string of the molecule is O=C1Nc2cc(Br)ccc2CN1C1CCCCC1. The summed E-state index contributed by atoms with van der Waals surface area (Å²) in [7, 11) is 0. The van der Waals surface area contributed by atoms with E-state index in [4.69, 9.17) is 0 Å². The highest BCUT2D eigenvalue weighted by Crippen LogP contribution is 2.31. The second-order valence-electron chi connectivity index (χ2n) is 5.15. The molecule has 0 saturated heterocycles. The number of hydrogen-bond acceptors (Lipinski definition) is 1. The van der Waals surface area contributed by atoms with E-state index in [2.05, 4.69) is 27.3 Å². The van der Waals surface area contributed by atoms with Gasteiger partial charge in [0.2, 0.25) is 0 Å². The van der Waals surface area contributed by atoms with Crippen molar-refractivity contribution in [1.29, 1.82) is 0 Å². The van der Waals surface area contributed by atoms with Crippen LogP contribution in [0.2, 0.25) is 0 Å². The molecule has 4 heteroatoms. The molecule has 1 heterocycles. The Hall–Kier alpha value is -1.03. The summed E-state index contributed by atoms with van der Waals surface area (Å²) in [5.74, 6) is 0. The number of hydrogen-bond donors (Lipinski definition) is 1. The van der Waals surface area contributed by atoms with Gasteiger partial charge in [-0.15, -0.1) is 0 Å². The normalized spacial score (nSPS) is 20.5.